The molecule has 0 aliphatic carbocycles. The van der Waals surface area contributed by atoms with Gasteiger partial charge in [-0.05, 0) is 62.5 Å². The van der Waals surface area contributed by atoms with E-state index in [9.17, 15) is 4.79 Å². The second-order valence-corrected chi connectivity index (χ2v) is 9.21. The quantitative estimate of drug-likeness (QED) is 0.449. The summed E-state index contributed by atoms with van der Waals surface area (Å²) < 4.78 is 4.94. The Balaban J connectivity index is 0. The number of benzene rings is 1. The van der Waals surface area contributed by atoms with Crippen LogP contribution in [0.3, 0.4) is 0 Å². The van der Waals surface area contributed by atoms with Gasteiger partial charge in [0.25, 0.3) is 0 Å². The Morgan fingerprint density at radius 3 is 1.72 bits per heavy atom. The molecule has 1 unspecified atom stereocenters. The molecule has 0 aromatic heterocycles. The van der Waals surface area contributed by atoms with Crippen LogP contribution >= 0.6 is 0 Å². The number of rotatable bonds is 9. The smallest absolute Gasteiger partial charge is 0.124 e. The molecule has 0 saturated carbocycles. The number of methoxy groups -OCH3 is 1. The third-order valence-electron chi connectivity index (χ3n) is 5.18. The van der Waals surface area contributed by atoms with Crippen LogP contribution in [0.2, 0.25) is 0 Å². The van der Waals surface area contributed by atoms with Gasteiger partial charge in [0.2, 0.25) is 0 Å². The summed E-state index contributed by atoms with van der Waals surface area (Å²) in [6.45, 7) is 17.3. The Morgan fingerprint density at radius 2 is 1.45 bits per heavy atom. The van der Waals surface area contributed by atoms with E-state index in [0.717, 1.165) is 31.1 Å². The van der Waals surface area contributed by atoms with Crippen molar-refractivity contribution in [3.05, 3.63) is 35.4 Å². The summed E-state index contributed by atoms with van der Waals surface area (Å²) in [5, 5.41) is 9.05. The van der Waals surface area contributed by atoms with E-state index in [1.807, 2.05) is 32.9 Å². The van der Waals surface area contributed by atoms with E-state index in [-0.39, 0.29) is 11.0 Å². The Labute approximate surface area is 181 Å². The van der Waals surface area contributed by atoms with E-state index < -0.39 is 0 Å². The molecule has 1 rings (SSSR count). The molecule has 0 amide bonds. The molecule has 0 spiro atoms. The first kappa shape index (κ1) is 30.0. The zero-order valence-electron chi connectivity index (χ0n) is 20.7. The van der Waals surface area contributed by atoms with E-state index in [4.69, 9.17) is 9.84 Å². The molecule has 29 heavy (non-hydrogen) atoms. The molecule has 1 aromatic carbocycles. The number of ether oxygens (including phenoxy) is 1. The molecule has 0 saturated heterocycles. The van der Waals surface area contributed by atoms with Gasteiger partial charge in [-0.1, -0.05) is 71.7 Å². The molecule has 0 bridgehead atoms. The van der Waals surface area contributed by atoms with E-state index in [2.05, 4.69) is 46.8 Å². The van der Waals surface area contributed by atoms with Crippen molar-refractivity contribution >= 4 is 6.29 Å². The van der Waals surface area contributed by atoms with Gasteiger partial charge < -0.3 is 14.6 Å². The summed E-state index contributed by atoms with van der Waals surface area (Å²) in [6, 6.07) is 8.31. The normalized spacial score (nSPS) is 12.2. The lowest BCUT2D eigenvalue weighted by atomic mass is 9.82. The summed E-state index contributed by atoms with van der Waals surface area (Å²) in [6.07, 6.45) is 7.29. The highest BCUT2D eigenvalue weighted by Gasteiger charge is 2.20. The predicted octanol–water partition coefficient (Wildman–Crippen LogP) is 6.96. The Bertz CT molecular complexity index is 494. The fourth-order valence-corrected chi connectivity index (χ4v) is 2.80. The first-order valence-corrected chi connectivity index (χ1v) is 11.2. The maximum absolute atomic E-state index is 10.2. The Hall–Kier alpha value is -1.19. The van der Waals surface area contributed by atoms with Crippen molar-refractivity contribution in [3.63, 3.8) is 0 Å². The van der Waals surface area contributed by atoms with E-state index in [0.29, 0.717) is 18.9 Å². The van der Waals surface area contributed by atoms with Crippen molar-refractivity contribution in [2.45, 2.75) is 105 Å². The van der Waals surface area contributed by atoms with Gasteiger partial charge >= 0.3 is 0 Å². The average Bonchev–Trinajstić information content (AvgIpc) is 2.69. The molecular weight excluding hydrogens is 360 g/mol. The Kier molecular flexibility index (Phi) is 17.2. The topological polar surface area (TPSA) is 46.5 Å². The zero-order valence-corrected chi connectivity index (χ0v) is 20.7. The number of hydrogen-bond acceptors (Lipinski definition) is 3. The molecule has 0 radical (unpaired) electrons. The Morgan fingerprint density at radius 1 is 1.00 bits per heavy atom. The summed E-state index contributed by atoms with van der Waals surface area (Å²) in [5.41, 5.74) is 2.70. The number of carbonyl (C=O) groups is 1. The molecule has 3 nitrogen and oxygen atoms in total. The summed E-state index contributed by atoms with van der Waals surface area (Å²) >= 11 is 0. The van der Waals surface area contributed by atoms with Crippen LogP contribution < -0.4 is 0 Å². The van der Waals surface area contributed by atoms with Gasteiger partial charge in [0, 0.05) is 20.1 Å². The first-order valence-electron chi connectivity index (χ1n) is 11.2. The van der Waals surface area contributed by atoms with Gasteiger partial charge in [-0.2, -0.15) is 0 Å². The molecule has 0 aliphatic rings. The van der Waals surface area contributed by atoms with Gasteiger partial charge in [-0.25, -0.2) is 0 Å². The summed E-state index contributed by atoms with van der Waals surface area (Å²) in [4.78, 5) is 10.2. The van der Waals surface area contributed by atoms with Crippen molar-refractivity contribution < 1.29 is 14.6 Å². The van der Waals surface area contributed by atoms with Gasteiger partial charge in [0.1, 0.15) is 6.29 Å². The van der Waals surface area contributed by atoms with Crippen LogP contribution in [0.1, 0.15) is 105 Å². The molecule has 1 aromatic rings. The molecule has 0 aliphatic heterocycles. The highest BCUT2D eigenvalue weighted by molar-refractivity contribution is 5.54. The highest BCUT2D eigenvalue weighted by atomic mass is 16.5. The fraction of sp³-hybridized carbons (Fsp3) is 0.731. The maximum Gasteiger partial charge on any atom is 0.124 e. The lowest BCUT2D eigenvalue weighted by molar-refractivity contribution is -0.107. The number of aliphatic hydroxyl groups excluding tert-OH is 1. The van der Waals surface area contributed by atoms with Crippen LogP contribution in [0.15, 0.2) is 24.3 Å². The molecule has 0 heterocycles. The van der Waals surface area contributed by atoms with Crippen molar-refractivity contribution in [2.24, 2.45) is 5.41 Å². The van der Waals surface area contributed by atoms with Crippen molar-refractivity contribution in [3.8, 4) is 0 Å². The van der Waals surface area contributed by atoms with E-state index in [1.165, 1.54) is 18.4 Å². The van der Waals surface area contributed by atoms with Crippen molar-refractivity contribution in [2.75, 3.05) is 13.7 Å². The number of carbonyl (C=O) groups excluding carboxylic acids is 1. The second-order valence-electron chi connectivity index (χ2n) is 9.21. The maximum atomic E-state index is 10.2. The van der Waals surface area contributed by atoms with Gasteiger partial charge in [-0.15, -0.1) is 0 Å². The van der Waals surface area contributed by atoms with Crippen LogP contribution in [-0.2, 0) is 16.0 Å². The van der Waals surface area contributed by atoms with Gasteiger partial charge in [0.15, 0.2) is 0 Å². The lowest BCUT2D eigenvalue weighted by Crippen LogP contribution is -2.20. The largest absolute Gasteiger partial charge is 0.396 e. The highest BCUT2D eigenvalue weighted by Crippen LogP contribution is 2.27. The summed E-state index contributed by atoms with van der Waals surface area (Å²) in [7, 11) is 1.71. The van der Waals surface area contributed by atoms with Crippen LogP contribution in [0.5, 0.6) is 0 Å². The minimum absolute atomic E-state index is 0.0417. The fourth-order valence-electron chi connectivity index (χ4n) is 2.80. The SMILES string of the molecule is CCC(C)c1ccc(CC=O)cc1.CCCC(C)(CO)CCC.COC(C)(C)C. The first-order chi connectivity index (χ1) is 13.5. The predicted molar refractivity (Wildman–Crippen MR) is 127 cm³/mol. The van der Waals surface area contributed by atoms with Crippen LogP contribution in [0.4, 0.5) is 0 Å². The number of hydrogen-bond donors (Lipinski definition) is 1. The van der Waals surface area contributed by atoms with E-state index >= 15 is 0 Å². The molecule has 1 atom stereocenters. The van der Waals surface area contributed by atoms with Crippen LogP contribution in [0, 0.1) is 5.41 Å². The van der Waals surface area contributed by atoms with Crippen LogP contribution in [-0.4, -0.2) is 30.7 Å². The monoisotopic (exact) mass is 408 g/mol. The van der Waals surface area contributed by atoms with Crippen LogP contribution in [0.25, 0.3) is 0 Å². The minimum Gasteiger partial charge on any atom is -0.396 e. The summed E-state index contributed by atoms with van der Waals surface area (Å²) in [5.74, 6) is 0.616. The van der Waals surface area contributed by atoms with Crippen molar-refractivity contribution in [1.29, 1.82) is 0 Å². The average molecular weight is 409 g/mol. The minimum atomic E-state index is 0.0417. The molecule has 0 fully saturated rings. The lowest BCUT2D eigenvalue weighted by Gasteiger charge is -2.25. The standard InChI is InChI=1S/C12H16O.C9H20O.C5H12O/c1-3-10(2)12-6-4-11(5-7-12)8-9-13;1-4-6-9(3,8-10)7-5-2;1-5(2,3)6-4/h4-7,9-10H,3,8H2,1-2H3;10H,4-8H2,1-3H3;1-4H3. The third-order valence-corrected chi connectivity index (χ3v) is 5.18. The van der Waals surface area contributed by atoms with Gasteiger partial charge in [-0.3, -0.25) is 0 Å². The zero-order chi connectivity index (χ0) is 22.9. The number of aliphatic hydroxyl groups is 1. The molecule has 1 N–H and O–H groups in total. The second kappa shape index (κ2) is 16.6. The number of aldehydes is 1. The van der Waals surface area contributed by atoms with Crippen molar-refractivity contribution in [1.82, 2.24) is 0 Å². The molecule has 3 heteroatoms. The molecular formula is C26H48O3. The third kappa shape index (κ3) is 16.3. The molecule has 170 valence electrons. The van der Waals surface area contributed by atoms with E-state index in [1.54, 1.807) is 7.11 Å². The van der Waals surface area contributed by atoms with Gasteiger partial charge in [0.05, 0.1) is 5.60 Å².